The number of aromatic nitrogens is 2. The van der Waals surface area contributed by atoms with Crippen molar-refractivity contribution in [1.29, 1.82) is 0 Å². The fourth-order valence-electron chi connectivity index (χ4n) is 2.81. The lowest BCUT2D eigenvalue weighted by molar-refractivity contribution is 0.414. The first-order valence-electron chi connectivity index (χ1n) is 8.47. The van der Waals surface area contributed by atoms with Crippen molar-refractivity contribution in [2.24, 2.45) is 0 Å². The van der Waals surface area contributed by atoms with Crippen molar-refractivity contribution in [2.75, 3.05) is 17.7 Å². The van der Waals surface area contributed by atoms with Crippen LogP contribution in [0.15, 0.2) is 48.5 Å². The minimum atomic E-state index is -0.358. The lowest BCUT2D eigenvalue weighted by Gasteiger charge is -2.12. The number of ether oxygens (including phenoxy) is 1. The molecule has 0 radical (unpaired) electrons. The van der Waals surface area contributed by atoms with Gasteiger partial charge in [-0.1, -0.05) is 24.3 Å². The van der Waals surface area contributed by atoms with Crippen molar-refractivity contribution in [3.63, 3.8) is 0 Å². The highest BCUT2D eigenvalue weighted by atomic mass is 32.1. The molecular formula is C20H21FN4OS. The number of nitrogens with one attached hydrogen (secondary N) is 2. The molecule has 0 amide bonds. The van der Waals surface area contributed by atoms with E-state index in [4.69, 9.17) is 17.0 Å². The zero-order valence-corrected chi connectivity index (χ0v) is 16.2. The van der Waals surface area contributed by atoms with E-state index in [1.54, 1.807) is 25.3 Å². The zero-order chi connectivity index (χ0) is 19.4. The van der Waals surface area contributed by atoms with Gasteiger partial charge in [0, 0.05) is 0 Å². The Balaban J connectivity index is 1.75. The highest BCUT2D eigenvalue weighted by Crippen LogP contribution is 2.22. The number of halogens is 1. The molecule has 27 heavy (non-hydrogen) atoms. The zero-order valence-electron chi connectivity index (χ0n) is 15.4. The van der Waals surface area contributed by atoms with Crippen molar-refractivity contribution >= 4 is 28.7 Å². The van der Waals surface area contributed by atoms with Crippen LogP contribution in [-0.4, -0.2) is 22.0 Å². The summed E-state index contributed by atoms with van der Waals surface area (Å²) < 4.78 is 21.0. The molecule has 2 aromatic carbocycles. The number of anilines is 2. The largest absolute Gasteiger partial charge is 0.497 e. The summed E-state index contributed by atoms with van der Waals surface area (Å²) in [6.45, 7) is 4.48. The van der Waals surface area contributed by atoms with Gasteiger partial charge in [0.25, 0.3) is 0 Å². The van der Waals surface area contributed by atoms with Gasteiger partial charge in [0.1, 0.15) is 11.6 Å². The predicted octanol–water partition coefficient (Wildman–Crippen LogP) is 4.50. The topological polar surface area (TPSA) is 51.1 Å². The van der Waals surface area contributed by atoms with Crippen LogP contribution in [0, 0.1) is 19.7 Å². The van der Waals surface area contributed by atoms with Crippen LogP contribution in [0.2, 0.25) is 0 Å². The summed E-state index contributed by atoms with van der Waals surface area (Å²) in [5.41, 5.74) is 3.97. The van der Waals surface area contributed by atoms with Crippen LogP contribution in [0.5, 0.6) is 5.75 Å². The van der Waals surface area contributed by atoms with Gasteiger partial charge in [0.15, 0.2) is 5.11 Å². The predicted molar refractivity (Wildman–Crippen MR) is 110 cm³/mol. The molecule has 3 rings (SSSR count). The van der Waals surface area contributed by atoms with E-state index in [0.717, 1.165) is 28.4 Å². The average Bonchev–Trinajstić information content (AvgIpc) is 2.91. The van der Waals surface area contributed by atoms with Gasteiger partial charge in [-0.2, -0.15) is 5.10 Å². The van der Waals surface area contributed by atoms with Crippen molar-refractivity contribution in [1.82, 2.24) is 9.78 Å². The van der Waals surface area contributed by atoms with Gasteiger partial charge < -0.3 is 15.4 Å². The second-order valence-electron chi connectivity index (χ2n) is 6.11. The second kappa shape index (κ2) is 8.18. The summed E-state index contributed by atoms with van der Waals surface area (Å²) in [6.07, 6.45) is 0. The summed E-state index contributed by atoms with van der Waals surface area (Å²) in [5, 5.41) is 10.9. The Morgan fingerprint density at radius 3 is 2.67 bits per heavy atom. The summed E-state index contributed by atoms with van der Waals surface area (Å²) in [6, 6.07) is 14.3. The molecule has 0 aliphatic heterocycles. The molecule has 0 bridgehead atoms. The molecule has 0 fully saturated rings. The van der Waals surface area contributed by atoms with Gasteiger partial charge in [-0.15, -0.1) is 0 Å². The number of aryl methyl sites for hydroxylation is 1. The Hall–Kier alpha value is -2.93. The molecule has 1 aromatic heterocycles. The third kappa shape index (κ3) is 4.43. The first kappa shape index (κ1) is 18.8. The second-order valence-corrected chi connectivity index (χ2v) is 6.52. The van der Waals surface area contributed by atoms with Gasteiger partial charge in [0.2, 0.25) is 0 Å². The fraction of sp³-hybridized carbons (Fsp3) is 0.200. The maximum atomic E-state index is 13.8. The first-order chi connectivity index (χ1) is 13.0. The number of nitrogens with zero attached hydrogens (tertiary/aromatic N) is 2. The van der Waals surface area contributed by atoms with E-state index in [1.807, 2.05) is 42.8 Å². The van der Waals surface area contributed by atoms with E-state index in [0.29, 0.717) is 17.3 Å². The van der Waals surface area contributed by atoms with Gasteiger partial charge in [0.05, 0.1) is 36.4 Å². The van der Waals surface area contributed by atoms with Crippen molar-refractivity contribution < 1.29 is 9.13 Å². The maximum absolute atomic E-state index is 13.8. The number of hydrogen-bond acceptors (Lipinski definition) is 3. The van der Waals surface area contributed by atoms with Crippen LogP contribution in [0.1, 0.15) is 17.0 Å². The fourth-order valence-corrected chi connectivity index (χ4v) is 3.02. The van der Waals surface area contributed by atoms with E-state index >= 15 is 0 Å². The van der Waals surface area contributed by atoms with Gasteiger partial charge in [-0.05, 0) is 55.9 Å². The van der Waals surface area contributed by atoms with Gasteiger partial charge in [-0.25, -0.2) is 4.39 Å². The Morgan fingerprint density at radius 1 is 1.15 bits per heavy atom. The van der Waals surface area contributed by atoms with Gasteiger partial charge in [-0.3, -0.25) is 4.68 Å². The molecule has 0 saturated heterocycles. The SMILES string of the molecule is COc1cccc(Cn2nc(C)c(NC(=S)Nc3ccccc3F)c2C)c1. The molecule has 0 aliphatic carbocycles. The van der Waals surface area contributed by atoms with E-state index in [2.05, 4.69) is 15.7 Å². The molecule has 1 heterocycles. The monoisotopic (exact) mass is 384 g/mol. The normalized spacial score (nSPS) is 10.5. The summed E-state index contributed by atoms with van der Waals surface area (Å²) in [4.78, 5) is 0. The summed E-state index contributed by atoms with van der Waals surface area (Å²) >= 11 is 5.33. The molecular weight excluding hydrogens is 363 g/mol. The van der Waals surface area contributed by atoms with Crippen molar-refractivity contribution in [3.8, 4) is 5.75 Å². The first-order valence-corrected chi connectivity index (χ1v) is 8.88. The van der Waals surface area contributed by atoms with Crippen LogP contribution in [0.4, 0.5) is 15.8 Å². The Morgan fingerprint density at radius 2 is 1.93 bits per heavy atom. The maximum Gasteiger partial charge on any atom is 0.175 e. The van der Waals surface area contributed by atoms with Crippen LogP contribution in [0.25, 0.3) is 0 Å². The number of thiocarbonyl (C=S) groups is 1. The number of methoxy groups -OCH3 is 1. The minimum absolute atomic E-state index is 0.312. The molecule has 3 aromatic rings. The van der Waals surface area contributed by atoms with Crippen LogP contribution < -0.4 is 15.4 Å². The van der Waals surface area contributed by atoms with Gasteiger partial charge >= 0.3 is 0 Å². The number of hydrogen-bond donors (Lipinski definition) is 2. The Labute approximate surface area is 163 Å². The molecule has 0 aliphatic rings. The van der Waals surface area contributed by atoms with E-state index < -0.39 is 0 Å². The van der Waals surface area contributed by atoms with Crippen LogP contribution in [-0.2, 0) is 6.54 Å². The smallest absolute Gasteiger partial charge is 0.175 e. The molecule has 5 nitrogen and oxygen atoms in total. The van der Waals surface area contributed by atoms with E-state index in [1.165, 1.54) is 6.07 Å². The Kier molecular flexibility index (Phi) is 5.71. The Bertz CT molecular complexity index is 970. The summed E-state index contributed by atoms with van der Waals surface area (Å²) in [7, 11) is 1.65. The van der Waals surface area contributed by atoms with Crippen LogP contribution >= 0.6 is 12.2 Å². The number of para-hydroxylation sites is 1. The number of rotatable bonds is 5. The molecule has 0 saturated carbocycles. The lowest BCUT2D eigenvalue weighted by Crippen LogP contribution is -2.20. The lowest BCUT2D eigenvalue weighted by atomic mass is 10.2. The highest BCUT2D eigenvalue weighted by Gasteiger charge is 2.14. The van der Waals surface area contributed by atoms with Crippen molar-refractivity contribution in [2.45, 2.75) is 20.4 Å². The molecule has 140 valence electrons. The minimum Gasteiger partial charge on any atom is -0.497 e. The average molecular weight is 384 g/mol. The van der Waals surface area contributed by atoms with E-state index in [-0.39, 0.29) is 5.82 Å². The van der Waals surface area contributed by atoms with Crippen LogP contribution in [0.3, 0.4) is 0 Å². The quantitative estimate of drug-likeness (QED) is 0.634. The molecule has 0 unspecified atom stereocenters. The third-order valence-electron chi connectivity index (χ3n) is 4.21. The number of benzene rings is 2. The molecule has 0 spiro atoms. The highest BCUT2D eigenvalue weighted by molar-refractivity contribution is 7.80. The van der Waals surface area contributed by atoms with E-state index in [9.17, 15) is 4.39 Å². The van der Waals surface area contributed by atoms with Crippen molar-refractivity contribution in [3.05, 3.63) is 71.3 Å². The molecule has 0 atom stereocenters. The molecule has 2 N–H and O–H groups in total. The molecule has 7 heteroatoms. The standard InChI is InChI=1S/C20H21FN4OS/c1-13-19(23-20(27)22-18-10-5-4-9-17(18)21)14(2)25(24-13)12-15-7-6-8-16(11-15)26-3/h4-11H,12H2,1-3H3,(H2,22,23,27). The summed E-state index contributed by atoms with van der Waals surface area (Å²) in [5.74, 6) is 0.450. The third-order valence-corrected chi connectivity index (χ3v) is 4.41.